The number of aromatic nitrogens is 1. The van der Waals surface area contributed by atoms with Gasteiger partial charge in [-0.3, -0.25) is 0 Å². The minimum atomic E-state index is -1.58. The van der Waals surface area contributed by atoms with Crippen LogP contribution in [0.2, 0.25) is 0 Å². The molecule has 0 saturated carbocycles. The number of aliphatic hydroxyl groups excluding tert-OH is 1. The van der Waals surface area contributed by atoms with E-state index in [1.54, 1.807) is 6.92 Å². The molecule has 3 unspecified atom stereocenters. The molecular formula is C13H15F3N2O2. The van der Waals surface area contributed by atoms with Gasteiger partial charge in [0.15, 0.2) is 17.3 Å². The summed E-state index contributed by atoms with van der Waals surface area (Å²) < 4.78 is 46.5. The van der Waals surface area contributed by atoms with E-state index in [2.05, 4.69) is 4.98 Å². The monoisotopic (exact) mass is 288 g/mol. The Kier molecular flexibility index (Phi) is 5.48. The minimum Gasteiger partial charge on any atom is -0.393 e. The summed E-state index contributed by atoms with van der Waals surface area (Å²) in [6.45, 7) is 4.75. The highest BCUT2D eigenvalue weighted by molar-refractivity contribution is 5.33. The fraction of sp³-hybridized carbons (Fsp3) is 0.538. The van der Waals surface area contributed by atoms with Crippen LogP contribution >= 0.6 is 0 Å². The summed E-state index contributed by atoms with van der Waals surface area (Å²) in [6, 6.07) is 1.35. The number of hydrogen-bond acceptors (Lipinski definition) is 4. The number of halogens is 3. The summed E-state index contributed by atoms with van der Waals surface area (Å²) in [7, 11) is 0. The van der Waals surface area contributed by atoms with Crippen molar-refractivity contribution in [1.29, 1.82) is 5.26 Å². The molecule has 1 aromatic heterocycles. The van der Waals surface area contributed by atoms with Gasteiger partial charge in [0, 0.05) is 18.1 Å². The van der Waals surface area contributed by atoms with E-state index >= 15 is 0 Å². The number of nitrogens with zero attached hydrogens (tertiary/aromatic N) is 2. The number of ether oxygens (including phenoxy) is 1. The van der Waals surface area contributed by atoms with Crippen molar-refractivity contribution in [1.82, 2.24) is 4.98 Å². The maximum atomic E-state index is 14.1. The van der Waals surface area contributed by atoms with Crippen LogP contribution in [0.4, 0.5) is 13.2 Å². The van der Waals surface area contributed by atoms with Gasteiger partial charge in [-0.05, 0) is 20.8 Å². The van der Waals surface area contributed by atoms with Crippen LogP contribution in [0, 0.1) is 28.9 Å². The van der Waals surface area contributed by atoms with E-state index in [0.29, 0.717) is 0 Å². The van der Waals surface area contributed by atoms with Crippen LogP contribution in [0.5, 0.6) is 0 Å². The van der Waals surface area contributed by atoms with Gasteiger partial charge >= 0.3 is 0 Å². The highest BCUT2D eigenvalue weighted by Gasteiger charge is 2.33. The van der Waals surface area contributed by atoms with Crippen LogP contribution in [0.1, 0.15) is 37.9 Å². The molecule has 0 fully saturated rings. The number of rotatable bonds is 5. The lowest BCUT2D eigenvalue weighted by atomic mass is 9.88. The topological polar surface area (TPSA) is 66.1 Å². The number of nitriles is 1. The molecule has 1 aromatic rings. The predicted octanol–water partition coefficient (Wildman–Crippen LogP) is 2.26. The molecule has 0 saturated heterocycles. The molecule has 110 valence electrons. The van der Waals surface area contributed by atoms with Crippen LogP contribution < -0.4 is 0 Å². The molecule has 7 heteroatoms. The van der Waals surface area contributed by atoms with Crippen molar-refractivity contribution in [3.05, 3.63) is 28.8 Å². The molecule has 4 nitrogen and oxygen atoms in total. The largest absolute Gasteiger partial charge is 0.393 e. The molecule has 0 aromatic carbocycles. The summed E-state index contributed by atoms with van der Waals surface area (Å²) in [5.74, 6) is -5.52. The van der Waals surface area contributed by atoms with Gasteiger partial charge in [0.25, 0.3) is 5.95 Å². The SMILES string of the molecule is CCOC(C)C(c1c(F)c(F)nc(C#N)c1F)C(C)O. The van der Waals surface area contributed by atoms with Gasteiger partial charge in [-0.1, -0.05) is 0 Å². The molecule has 20 heavy (non-hydrogen) atoms. The maximum Gasteiger partial charge on any atom is 0.250 e. The van der Waals surface area contributed by atoms with Gasteiger partial charge < -0.3 is 9.84 Å². The first-order valence-electron chi connectivity index (χ1n) is 6.09. The molecule has 3 atom stereocenters. The second-order valence-corrected chi connectivity index (χ2v) is 4.33. The number of hydrogen-bond donors (Lipinski definition) is 1. The molecule has 0 aliphatic carbocycles. The lowest BCUT2D eigenvalue weighted by Crippen LogP contribution is -2.30. The Labute approximate surface area is 114 Å². The van der Waals surface area contributed by atoms with Crippen molar-refractivity contribution >= 4 is 0 Å². The van der Waals surface area contributed by atoms with Crippen LogP contribution in [-0.2, 0) is 4.74 Å². The van der Waals surface area contributed by atoms with Crippen molar-refractivity contribution in [3.63, 3.8) is 0 Å². The average molecular weight is 288 g/mol. The van der Waals surface area contributed by atoms with Crippen LogP contribution in [0.25, 0.3) is 0 Å². The Morgan fingerprint density at radius 2 is 1.90 bits per heavy atom. The molecule has 1 N–H and O–H groups in total. The number of pyridine rings is 1. The Balaban J connectivity index is 3.48. The van der Waals surface area contributed by atoms with Gasteiger partial charge in [0.05, 0.1) is 12.2 Å². The van der Waals surface area contributed by atoms with Crippen molar-refractivity contribution in [2.24, 2.45) is 0 Å². The minimum absolute atomic E-state index is 0.256. The maximum absolute atomic E-state index is 14.1. The first-order valence-corrected chi connectivity index (χ1v) is 6.09. The van der Waals surface area contributed by atoms with Crippen LogP contribution in [0.15, 0.2) is 0 Å². The lowest BCUT2D eigenvalue weighted by molar-refractivity contribution is 0.0127. The Morgan fingerprint density at radius 1 is 1.30 bits per heavy atom. The van der Waals surface area contributed by atoms with Crippen LogP contribution in [0.3, 0.4) is 0 Å². The van der Waals surface area contributed by atoms with E-state index in [1.807, 2.05) is 0 Å². The van der Waals surface area contributed by atoms with Crippen molar-refractivity contribution in [2.75, 3.05) is 6.61 Å². The molecule has 0 radical (unpaired) electrons. The van der Waals surface area contributed by atoms with E-state index in [9.17, 15) is 18.3 Å². The molecule has 0 bridgehead atoms. The zero-order valence-electron chi connectivity index (χ0n) is 11.3. The summed E-state index contributed by atoms with van der Waals surface area (Å²) in [4.78, 5) is 2.90. The molecule has 1 rings (SSSR count). The standard InChI is InChI=1S/C13H15F3N2O2/c1-4-20-7(3)9(6(2)19)10-11(14)8(5-17)18-13(16)12(10)15/h6-7,9,19H,4H2,1-3H3. The third kappa shape index (κ3) is 3.08. The molecule has 0 amide bonds. The average Bonchev–Trinajstić information content (AvgIpc) is 2.38. The van der Waals surface area contributed by atoms with Gasteiger partial charge in [0.2, 0.25) is 0 Å². The second kappa shape index (κ2) is 6.68. The normalized spacial score (nSPS) is 15.5. The zero-order valence-corrected chi connectivity index (χ0v) is 11.3. The first-order chi connectivity index (χ1) is 9.34. The van der Waals surface area contributed by atoms with Crippen molar-refractivity contribution in [2.45, 2.75) is 38.9 Å². The highest BCUT2D eigenvalue weighted by Crippen LogP contribution is 2.31. The van der Waals surface area contributed by atoms with E-state index in [0.717, 1.165) is 0 Å². The Hall–Kier alpha value is -1.65. The first kappa shape index (κ1) is 16.4. The van der Waals surface area contributed by atoms with E-state index in [-0.39, 0.29) is 6.61 Å². The summed E-state index contributed by atoms with van der Waals surface area (Å²) in [5.41, 5.74) is -1.57. The molecule has 0 aliphatic rings. The van der Waals surface area contributed by atoms with Gasteiger partial charge in [-0.2, -0.15) is 9.65 Å². The third-order valence-corrected chi connectivity index (χ3v) is 2.97. The Morgan fingerprint density at radius 3 is 2.35 bits per heavy atom. The molecule has 0 aliphatic heterocycles. The zero-order chi connectivity index (χ0) is 15.4. The fourth-order valence-corrected chi connectivity index (χ4v) is 2.13. The van der Waals surface area contributed by atoms with E-state index < -0.39 is 47.0 Å². The third-order valence-electron chi connectivity index (χ3n) is 2.97. The summed E-state index contributed by atoms with van der Waals surface area (Å²) >= 11 is 0. The van der Waals surface area contributed by atoms with Gasteiger partial charge in [-0.15, -0.1) is 0 Å². The fourth-order valence-electron chi connectivity index (χ4n) is 2.13. The smallest absolute Gasteiger partial charge is 0.250 e. The summed E-state index contributed by atoms with van der Waals surface area (Å²) in [6.07, 6.45) is -1.97. The Bertz CT molecular complexity index is 529. The molecular weight excluding hydrogens is 273 g/mol. The molecule has 0 spiro atoms. The molecule has 1 heterocycles. The second-order valence-electron chi connectivity index (χ2n) is 4.33. The highest BCUT2D eigenvalue weighted by atomic mass is 19.2. The van der Waals surface area contributed by atoms with Crippen molar-refractivity contribution in [3.8, 4) is 6.07 Å². The van der Waals surface area contributed by atoms with Crippen molar-refractivity contribution < 1.29 is 23.0 Å². The summed E-state index contributed by atoms with van der Waals surface area (Å²) in [5, 5.41) is 18.4. The van der Waals surface area contributed by atoms with E-state index in [4.69, 9.17) is 10.00 Å². The van der Waals surface area contributed by atoms with Gasteiger partial charge in [-0.25, -0.2) is 13.8 Å². The van der Waals surface area contributed by atoms with Crippen LogP contribution in [-0.4, -0.2) is 28.9 Å². The predicted molar refractivity (Wildman–Crippen MR) is 64.3 cm³/mol. The van der Waals surface area contributed by atoms with E-state index in [1.165, 1.54) is 19.9 Å². The number of aliphatic hydroxyl groups is 1. The van der Waals surface area contributed by atoms with Gasteiger partial charge in [0.1, 0.15) is 6.07 Å². The lowest BCUT2D eigenvalue weighted by Gasteiger charge is -2.27. The quantitative estimate of drug-likeness (QED) is 0.844.